The fraction of sp³-hybridized carbons (Fsp3) is 1.00. The molecule has 0 saturated heterocycles. The smallest absolute Gasteiger partial charge is 0.0749 e. The first-order valence-electron chi connectivity index (χ1n) is 3.06. The van der Waals surface area contributed by atoms with Crippen LogP contribution in [0.2, 0.25) is 0 Å². The molecule has 0 rings (SSSR count). The van der Waals surface area contributed by atoms with Crippen molar-refractivity contribution in [3.8, 4) is 0 Å². The van der Waals surface area contributed by atoms with Crippen molar-refractivity contribution in [2.45, 2.75) is 6.42 Å². The Labute approximate surface area is 54.8 Å². The average molecular weight is 132 g/mol. The van der Waals surface area contributed by atoms with E-state index < -0.39 is 0 Å². The second-order valence-electron chi connectivity index (χ2n) is 2.26. The van der Waals surface area contributed by atoms with Crippen LogP contribution in [0.15, 0.2) is 0 Å². The molecule has 0 radical (unpaired) electrons. The van der Waals surface area contributed by atoms with Crippen LogP contribution in [-0.2, 0) is 0 Å². The molecule has 0 spiro atoms. The molecule has 1 N–H and O–H groups in total. The van der Waals surface area contributed by atoms with E-state index in [0.29, 0.717) is 0 Å². The van der Waals surface area contributed by atoms with E-state index in [1.165, 1.54) is 19.5 Å². The molecule has 0 heterocycles. The van der Waals surface area contributed by atoms with E-state index in [2.05, 4.69) is 24.0 Å². The van der Waals surface area contributed by atoms with Crippen LogP contribution >= 0.6 is 0 Å². The lowest BCUT2D eigenvalue weighted by Crippen LogP contribution is -2.19. The first-order chi connectivity index (χ1) is 3.77. The molecule has 8 heavy (non-hydrogen) atoms. The lowest BCUT2D eigenvalue weighted by atomic mass is 10.4. The Morgan fingerprint density at radius 1 is 1.50 bits per heavy atom. The predicted octanol–water partition coefficient (Wildman–Crippen LogP) is -1.19. The van der Waals surface area contributed by atoms with E-state index in [9.17, 15) is 0 Å². The highest BCUT2D eigenvalue weighted by atomic mass is 28.2. The van der Waals surface area contributed by atoms with Gasteiger partial charge in [0.25, 0.3) is 0 Å². The third kappa shape index (κ3) is 6.14. The van der Waals surface area contributed by atoms with Gasteiger partial charge in [0.05, 0.1) is 10.4 Å². The van der Waals surface area contributed by atoms with Crippen LogP contribution in [0.4, 0.5) is 0 Å². The average Bonchev–Trinajstić information content (AvgIpc) is 1.66. The highest BCUT2D eigenvalue weighted by Crippen LogP contribution is 1.78. The minimum absolute atomic E-state index is 1.13. The maximum atomic E-state index is 3.24. The summed E-state index contributed by atoms with van der Waals surface area (Å²) in [6.45, 7) is 2.39. The number of rotatable bonds is 4. The molecule has 0 aromatic carbocycles. The Hall–Kier alpha value is 0.137. The molecule has 0 aliphatic carbocycles. The van der Waals surface area contributed by atoms with E-state index >= 15 is 0 Å². The Bertz CT molecular complexity index is 47.7. The molecular weight excluding hydrogens is 116 g/mol. The lowest BCUT2D eigenvalue weighted by molar-refractivity contribution is 0.401. The maximum Gasteiger partial charge on any atom is 0.0749 e. The van der Waals surface area contributed by atoms with Gasteiger partial charge in [-0.15, -0.1) is 0 Å². The molecule has 0 aliphatic heterocycles. The maximum absolute atomic E-state index is 3.24. The van der Waals surface area contributed by atoms with Gasteiger partial charge >= 0.3 is 0 Å². The summed E-state index contributed by atoms with van der Waals surface area (Å²) in [6, 6.07) is 0. The van der Waals surface area contributed by atoms with Gasteiger partial charge in [0, 0.05) is 0 Å². The molecular formula is C5H16N2Si. The summed E-state index contributed by atoms with van der Waals surface area (Å²) in [5.74, 6) is 0. The first kappa shape index (κ1) is 8.14. The van der Waals surface area contributed by atoms with Gasteiger partial charge in [-0.1, -0.05) is 0 Å². The zero-order valence-corrected chi connectivity index (χ0v) is 8.07. The van der Waals surface area contributed by atoms with Crippen molar-refractivity contribution in [3.05, 3.63) is 0 Å². The van der Waals surface area contributed by atoms with Crippen molar-refractivity contribution in [1.29, 1.82) is 0 Å². The van der Waals surface area contributed by atoms with Crippen LogP contribution in [0.25, 0.3) is 0 Å². The lowest BCUT2D eigenvalue weighted by Gasteiger charge is -2.07. The normalized spacial score (nSPS) is 10.9. The fourth-order valence-electron chi connectivity index (χ4n) is 0.572. The van der Waals surface area contributed by atoms with E-state index in [-0.39, 0.29) is 0 Å². The fourth-order valence-corrected chi connectivity index (χ4v) is 0.926. The molecule has 0 fully saturated rings. The van der Waals surface area contributed by atoms with Gasteiger partial charge in [-0.2, -0.15) is 0 Å². The van der Waals surface area contributed by atoms with Crippen molar-refractivity contribution in [1.82, 2.24) is 9.88 Å². The van der Waals surface area contributed by atoms with Crippen molar-refractivity contribution >= 4 is 10.4 Å². The van der Waals surface area contributed by atoms with E-state index in [1.54, 1.807) is 0 Å². The molecule has 3 heteroatoms. The third-order valence-electron chi connectivity index (χ3n) is 1.03. The molecule has 0 unspecified atom stereocenters. The molecule has 50 valence electrons. The largest absolute Gasteiger partial charge is 0.345 e. The Morgan fingerprint density at radius 2 is 2.12 bits per heavy atom. The van der Waals surface area contributed by atoms with Gasteiger partial charge in [0.15, 0.2) is 0 Å². The van der Waals surface area contributed by atoms with Gasteiger partial charge < -0.3 is 9.88 Å². The molecule has 0 amide bonds. The summed E-state index contributed by atoms with van der Waals surface area (Å²) in [4.78, 5) is 5.44. The molecule has 0 aliphatic rings. The number of hydrogen-bond acceptors (Lipinski definition) is 2. The molecule has 0 saturated carbocycles. The highest BCUT2D eigenvalue weighted by molar-refractivity contribution is 6.04. The van der Waals surface area contributed by atoms with Gasteiger partial charge in [0.2, 0.25) is 0 Å². The van der Waals surface area contributed by atoms with Crippen LogP contribution in [0, 0.1) is 0 Å². The topological polar surface area (TPSA) is 15.3 Å². The highest BCUT2D eigenvalue weighted by Gasteiger charge is 1.85. The minimum Gasteiger partial charge on any atom is -0.345 e. The zero-order valence-electron chi connectivity index (χ0n) is 6.07. The molecule has 2 nitrogen and oxygen atoms in total. The van der Waals surface area contributed by atoms with Crippen LogP contribution in [0.5, 0.6) is 0 Å². The minimum atomic E-state index is 1.13. The van der Waals surface area contributed by atoms with Gasteiger partial charge in [0.1, 0.15) is 0 Å². The van der Waals surface area contributed by atoms with Gasteiger partial charge in [-0.05, 0) is 33.6 Å². The Balaban J connectivity index is 2.72. The van der Waals surface area contributed by atoms with Crippen molar-refractivity contribution in [2.24, 2.45) is 0 Å². The van der Waals surface area contributed by atoms with Crippen LogP contribution in [0.3, 0.4) is 0 Å². The second-order valence-corrected chi connectivity index (χ2v) is 2.97. The standard InChI is InChI=1S/C5H16N2Si/c1-7(2)5-3-4-6-8/h6H,3-5H2,1-2,8H3. The van der Waals surface area contributed by atoms with Crippen molar-refractivity contribution in [3.63, 3.8) is 0 Å². The summed E-state index contributed by atoms with van der Waals surface area (Å²) in [5.41, 5.74) is 0. The second kappa shape index (κ2) is 5.28. The van der Waals surface area contributed by atoms with Crippen LogP contribution < -0.4 is 4.98 Å². The molecule has 0 bridgehead atoms. The van der Waals surface area contributed by atoms with Crippen LogP contribution in [-0.4, -0.2) is 42.5 Å². The monoisotopic (exact) mass is 132 g/mol. The summed E-state index contributed by atoms with van der Waals surface area (Å²) in [7, 11) is 5.34. The molecule has 0 aromatic heterocycles. The predicted molar refractivity (Wildman–Crippen MR) is 41.1 cm³/mol. The van der Waals surface area contributed by atoms with E-state index in [0.717, 1.165) is 10.4 Å². The summed E-state index contributed by atoms with van der Waals surface area (Å²) < 4.78 is 0. The summed E-state index contributed by atoms with van der Waals surface area (Å²) in [5, 5.41) is 0. The first-order valence-corrected chi connectivity index (χ1v) is 4.06. The molecule has 0 atom stereocenters. The third-order valence-corrected chi connectivity index (χ3v) is 1.53. The molecule has 0 aromatic rings. The van der Waals surface area contributed by atoms with Crippen molar-refractivity contribution < 1.29 is 0 Å². The number of nitrogens with zero attached hydrogens (tertiary/aromatic N) is 1. The van der Waals surface area contributed by atoms with Crippen molar-refractivity contribution in [2.75, 3.05) is 27.2 Å². The quantitative estimate of drug-likeness (QED) is 0.382. The zero-order chi connectivity index (χ0) is 6.41. The summed E-state index contributed by atoms with van der Waals surface area (Å²) >= 11 is 0. The Morgan fingerprint density at radius 3 is 2.50 bits per heavy atom. The van der Waals surface area contributed by atoms with E-state index in [1.807, 2.05) is 0 Å². The Kier molecular flexibility index (Phi) is 5.37. The van der Waals surface area contributed by atoms with Crippen LogP contribution in [0.1, 0.15) is 6.42 Å². The summed E-state index contributed by atoms with van der Waals surface area (Å²) in [6.07, 6.45) is 1.27. The van der Waals surface area contributed by atoms with E-state index in [4.69, 9.17) is 0 Å². The number of nitrogens with one attached hydrogen (secondary N) is 1. The number of hydrogen-bond donors (Lipinski definition) is 1. The van der Waals surface area contributed by atoms with Gasteiger partial charge in [-0.25, -0.2) is 0 Å². The SMILES string of the molecule is CN(C)CCCN[SiH3]. The van der Waals surface area contributed by atoms with Gasteiger partial charge in [-0.3, -0.25) is 0 Å².